The summed E-state index contributed by atoms with van der Waals surface area (Å²) in [4.78, 5) is 20.5. The van der Waals surface area contributed by atoms with Crippen molar-refractivity contribution in [3.05, 3.63) is 26.8 Å². The number of hydrogen-bond acceptors (Lipinski definition) is 5. The van der Waals surface area contributed by atoms with Gasteiger partial charge in [0.2, 0.25) is 0 Å². The van der Waals surface area contributed by atoms with Crippen molar-refractivity contribution in [2.24, 2.45) is 0 Å². The van der Waals surface area contributed by atoms with Crippen molar-refractivity contribution < 1.29 is 14.5 Å². The molecule has 80 valence electrons. The quantitative estimate of drug-likeness (QED) is 0.369. The Hall–Kier alpha value is -1.82. The lowest BCUT2D eigenvalue weighted by atomic mass is 10.1. The Labute approximate surface area is 89.7 Å². The summed E-state index contributed by atoms with van der Waals surface area (Å²) in [6.45, 7) is 0. The Balaban J connectivity index is 3.56. The number of nitro benzene ring substituents is 1. The third-order valence-corrected chi connectivity index (χ3v) is 2.17. The van der Waals surface area contributed by atoms with Gasteiger partial charge >= 0.3 is 0 Å². The maximum atomic E-state index is 10.6. The molecule has 0 bridgehead atoms. The topological polar surface area (TPSA) is 95.5 Å². The van der Waals surface area contributed by atoms with E-state index in [1.54, 1.807) is 0 Å². The van der Waals surface area contributed by atoms with Crippen LogP contribution in [0.25, 0.3) is 0 Å². The Kier molecular flexibility index (Phi) is 3.11. The maximum absolute atomic E-state index is 10.6. The van der Waals surface area contributed by atoms with Crippen LogP contribution in [0.3, 0.4) is 0 Å². The zero-order chi connectivity index (χ0) is 11.6. The molecular weight excluding hydrogens is 224 g/mol. The first-order valence-corrected chi connectivity index (χ1v) is 4.16. The normalized spacial score (nSPS) is 9.73. The number of methoxy groups -OCH3 is 1. The Bertz CT molecular complexity index is 433. The Morgan fingerprint density at radius 3 is 2.67 bits per heavy atom. The second-order valence-electron chi connectivity index (χ2n) is 2.62. The minimum Gasteiger partial charge on any atom is -0.494 e. The first-order valence-electron chi connectivity index (χ1n) is 3.78. The molecule has 0 heterocycles. The van der Waals surface area contributed by atoms with Crippen molar-refractivity contribution in [3.8, 4) is 5.75 Å². The van der Waals surface area contributed by atoms with E-state index in [2.05, 4.69) is 0 Å². The first-order chi connectivity index (χ1) is 7.02. The number of halogens is 1. The molecule has 0 aromatic heterocycles. The highest BCUT2D eigenvalue weighted by Crippen LogP contribution is 2.39. The van der Waals surface area contributed by atoms with Gasteiger partial charge in [-0.05, 0) is 0 Å². The fraction of sp³-hybridized carbons (Fsp3) is 0.125. The molecule has 7 heteroatoms. The van der Waals surface area contributed by atoms with Gasteiger partial charge in [-0.25, -0.2) is 0 Å². The summed E-state index contributed by atoms with van der Waals surface area (Å²) in [5.41, 5.74) is 4.77. The van der Waals surface area contributed by atoms with Crippen molar-refractivity contribution in [1.82, 2.24) is 0 Å². The van der Waals surface area contributed by atoms with Gasteiger partial charge < -0.3 is 10.5 Å². The van der Waals surface area contributed by atoms with Crippen LogP contribution in [0.1, 0.15) is 10.4 Å². The Morgan fingerprint density at radius 1 is 1.67 bits per heavy atom. The van der Waals surface area contributed by atoms with E-state index in [4.69, 9.17) is 22.1 Å². The van der Waals surface area contributed by atoms with Gasteiger partial charge in [0.05, 0.1) is 17.6 Å². The molecule has 0 spiro atoms. The smallest absolute Gasteiger partial charge is 0.294 e. The predicted molar refractivity (Wildman–Crippen MR) is 54.5 cm³/mol. The molecular formula is C8H7ClN2O4. The Morgan fingerprint density at radius 2 is 2.27 bits per heavy atom. The molecule has 2 N–H and O–H groups in total. The number of ether oxygens (including phenoxy) is 1. The van der Waals surface area contributed by atoms with Crippen LogP contribution in [0.5, 0.6) is 5.75 Å². The third-order valence-electron chi connectivity index (χ3n) is 1.79. The molecule has 0 aliphatic rings. The van der Waals surface area contributed by atoms with Gasteiger partial charge in [0.1, 0.15) is 10.7 Å². The predicted octanol–water partition coefficient (Wildman–Crippen LogP) is 1.65. The van der Waals surface area contributed by atoms with Gasteiger partial charge in [-0.2, -0.15) is 0 Å². The number of hydrogen-bond donors (Lipinski definition) is 1. The lowest BCUT2D eigenvalue weighted by Gasteiger charge is -2.08. The van der Waals surface area contributed by atoms with Crippen LogP contribution in [0.4, 0.5) is 11.4 Å². The molecule has 0 aliphatic carbocycles. The van der Waals surface area contributed by atoms with E-state index in [1.807, 2.05) is 0 Å². The van der Waals surface area contributed by atoms with Crippen molar-refractivity contribution in [2.75, 3.05) is 12.8 Å². The molecule has 0 unspecified atom stereocenters. The number of carbonyl (C=O) groups is 1. The largest absolute Gasteiger partial charge is 0.494 e. The lowest BCUT2D eigenvalue weighted by molar-refractivity contribution is -0.383. The van der Waals surface area contributed by atoms with E-state index >= 15 is 0 Å². The zero-order valence-corrected chi connectivity index (χ0v) is 8.45. The zero-order valence-electron chi connectivity index (χ0n) is 7.69. The molecule has 0 atom stereocenters. The highest BCUT2D eigenvalue weighted by atomic mass is 35.5. The second kappa shape index (κ2) is 4.14. The third kappa shape index (κ3) is 1.84. The molecule has 1 aromatic rings. The van der Waals surface area contributed by atoms with Crippen molar-refractivity contribution >= 4 is 29.3 Å². The van der Waals surface area contributed by atoms with Crippen LogP contribution >= 0.6 is 11.6 Å². The monoisotopic (exact) mass is 230 g/mol. The second-order valence-corrected chi connectivity index (χ2v) is 3.00. The number of nitrogens with two attached hydrogens (primary N) is 1. The summed E-state index contributed by atoms with van der Waals surface area (Å²) in [6.07, 6.45) is 0.414. The molecule has 0 radical (unpaired) electrons. The average Bonchev–Trinajstić information content (AvgIpc) is 2.21. The van der Waals surface area contributed by atoms with Crippen molar-refractivity contribution in [3.63, 3.8) is 0 Å². The van der Waals surface area contributed by atoms with E-state index in [0.717, 1.165) is 6.07 Å². The molecule has 0 amide bonds. The number of nitrogen functional groups attached to an aromatic ring is 1. The van der Waals surface area contributed by atoms with E-state index < -0.39 is 10.6 Å². The van der Waals surface area contributed by atoms with E-state index in [0.29, 0.717) is 6.29 Å². The van der Waals surface area contributed by atoms with Gasteiger partial charge in [0.25, 0.3) is 5.69 Å². The fourth-order valence-corrected chi connectivity index (χ4v) is 1.38. The SMILES string of the molecule is COc1c(C=O)cc([N+](=O)[O-])c(N)c1Cl. The highest BCUT2D eigenvalue weighted by molar-refractivity contribution is 6.35. The number of nitro groups is 1. The van der Waals surface area contributed by atoms with E-state index in [-0.39, 0.29) is 22.0 Å². The van der Waals surface area contributed by atoms with Crippen molar-refractivity contribution in [2.45, 2.75) is 0 Å². The molecule has 6 nitrogen and oxygen atoms in total. The molecule has 0 aliphatic heterocycles. The van der Waals surface area contributed by atoms with Gasteiger partial charge in [0.15, 0.2) is 12.0 Å². The van der Waals surface area contributed by atoms with Crippen LogP contribution in [0.2, 0.25) is 5.02 Å². The van der Waals surface area contributed by atoms with Crippen LogP contribution in [-0.4, -0.2) is 18.3 Å². The molecule has 1 rings (SSSR count). The number of anilines is 1. The summed E-state index contributed by atoms with van der Waals surface area (Å²) >= 11 is 5.71. The number of benzene rings is 1. The van der Waals surface area contributed by atoms with Crippen LogP contribution in [0, 0.1) is 10.1 Å². The lowest BCUT2D eigenvalue weighted by Crippen LogP contribution is -2.01. The van der Waals surface area contributed by atoms with Gasteiger partial charge in [-0.3, -0.25) is 14.9 Å². The number of aldehydes is 1. The number of carbonyl (C=O) groups excluding carboxylic acids is 1. The van der Waals surface area contributed by atoms with Gasteiger partial charge in [-0.15, -0.1) is 0 Å². The summed E-state index contributed by atoms with van der Waals surface area (Å²) in [6, 6.07) is 1.02. The molecule has 15 heavy (non-hydrogen) atoms. The highest BCUT2D eigenvalue weighted by Gasteiger charge is 2.21. The molecule has 1 aromatic carbocycles. The summed E-state index contributed by atoms with van der Waals surface area (Å²) in [5.74, 6) is 0.0368. The summed E-state index contributed by atoms with van der Waals surface area (Å²) < 4.78 is 4.82. The number of nitrogens with zero attached hydrogens (tertiary/aromatic N) is 1. The van der Waals surface area contributed by atoms with E-state index in [9.17, 15) is 14.9 Å². The minimum atomic E-state index is -0.715. The standard InChI is InChI=1S/C8H7ClN2O4/c1-15-8-4(3-12)2-5(11(13)14)7(10)6(8)9/h2-3H,10H2,1H3. The first kappa shape index (κ1) is 11.3. The van der Waals surface area contributed by atoms with Crippen molar-refractivity contribution in [1.29, 1.82) is 0 Å². The summed E-state index contributed by atoms with van der Waals surface area (Å²) in [5, 5.41) is 10.4. The fourth-order valence-electron chi connectivity index (χ4n) is 1.10. The van der Waals surface area contributed by atoms with Gasteiger partial charge in [0, 0.05) is 6.07 Å². The van der Waals surface area contributed by atoms with Crippen LogP contribution in [0.15, 0.2) is 6.07 Å². The maximum Gasteiger partial charge on any atom is 0.294 e. The molecule has 0 saturated heterocycles. The average molecular weight is 231 g/mol. The van der Waals surface area contributed by atoms with Crippen LogP contribution < -0.4 is 10.5 Å². The molecule has 0 saturated carbocycles. The number of rotatable bonds is 3. The minimum absolute atomic E-state index is 0.0107. The van der Waals surface area contributed by atoms with Crippen LogP contribution in [-0.2, 0) is 0 Å². The van der Waals surface area contributed by atoms with E-state index in [1.165, 1.54) is 7.11 Å². The summed E-state index contributed by atoms with van der Waals surface area (Å²) in [7, 11) is 1.29. The molecule has 0 fully saturated rings. The van der Waals surface area contributed by atoms with Gasteiger partial charge in [-0.1, -0.05) is 11.6 Å².